The van der Waals surface area contributed by atoms with Gasteiger partial charge in [-0.25, -0.2) is 4.98 Å². The molecule has 0 bridgehead atoms. The van der Waals surface area contributed by atoms with Crippen LogP contribution in [0.15, 0.2) is 12.4 Å². The highest BCUT2D eigenvalue weighted by Crippen LogP contribution is 2.35. The molecule has 1 aromatic rings. The minimum absolute atomic E-state index is 0.432. The lowest BCUT2D eigenvalue weighted by Gasteiger charge is -2.28. The third-order valence-corrected chi connectivity index (χ3v) is 3.99. The summed E-state index contributed by atoms with van der Waals surface area (Å²) >= 11 is 0. The van der Waals surface area contributed by atoms with Crippen molar-refractivity contribution in [3.63, 3.8) is 0 Å². The number of aryl methyl sites for hydroxylation is 1. The highest BCUT2D eigenvalue weighted by atomic mass is 16.4. The van der Waals surface area contributed by atoms with Gasteiger partial charge in [-0.15, -0.1) is 0 Å². The topological polar surface area (TPSA) is 75.1 Å². The largest absolute Gasteiger partial charge is 0.481 e. The second-order valence-electron chi connectivity index (χ2n) is 5.34. The molecule has 1 fully saturated rings. The van der Waals surface area contributed by atoms with Crippen LogP contribution in [0.5, 0.6) is 0 Å². The van der Waals surface area contributed by atoms with Gasteiger partial charge in [-0.1, -0.05) is 25.7 Å². The molecule has 1 aromatic heterocycles. The number of anilines is 1. The summed E-state index contributed by atoms with van der Waals surface area (Å²) in [6.07, 6.45) is 9.01. The van der Waals surface area contributed by atoms with E-state index in [0.717, 1.165) is 44.2 Å². The minimum Gasteiger partial charge on any atom is -0.481 e. The minimum atomic E-state index is -0.691. The molecule has 0 aliphatic heterocycles. The van der Waals surface area contributed by atoms with Crippen molar-refractivity contribution >= 4 is 11.8 Å². The van der Waals surface area contributed by atoms with Gasteiger partial charge in [0, 0.05) is 18.9 Å². The van der Waals surface area contributed by atoms with E-state index in [9.17, 15) is 9.90 Å². The lowest BCUT2D eigenvalue weighted by atomic mass is 9.80. The Morgan fingerprint density at radius 3 is 2.47 bits per heavy atom. The molecule has 0 unspecified atom stereocenters. The van der Waals surface area contributed by atoms with Gasteiger partial charge in [-0.05, 0) is 19.8 Å². The van der Waals surface area contributed by atoms with Crippen LogP contribution in [0.3, 0.4) is 0 Å². The van der Waals surface area contributed by atoms with Crippen LogP contribution in [-0.4, -0.2) is 27.6 Å². The van der Waals surface area contributed by atoms with Crippen molar-refractivity contribution in [2.45, 2.75) is 45.4 Å². The molecule has 0 spiro atoms. The molecule has 19 heavy (non-hydrogen) atoms. The molecule has 0 saturated heterocycles. The van der Waals surface area contributed by atoms with Crippen LogP contribution in [-0.2, 0) is 4.79 Å². The number of aliphatic carboxylic acids is 1. The van der Waals surface area contributed by atoms with Gasteiger partial charge in [0.25, 0.3) is 0 Å². The van der Waals surface area contributed by atoms with Gasteiger partial charge in [0.2, 0.25) is 0 Å². The molecular formula is C14H21N3O2. The Labute approximate surface area is 113 Å². The number of hydrogen-bond donors (Lipinski definition) is 2. The van der Waals surface area contributed by atoms with E-state index in [0.29, 0.717) is 12.4 Å². The fourth-order valence-electron chi connectivity index (χ4n) is 2.71. The van der Waals surface area contributed by atoms with E-state index in [4.69, 9.17) is 0 Å². The zero-order chi connectivity index (χ0) is 13.7. The van der Waals surface area contributed by atoms with Crippen LogP contribution in [0.25, 0.3) is 0 Å². The Bertz CT molecular complexity index is 440. The van der Waals surface area contributed by atoms with Gasteiger partial charge in [-0.2, -0.15) is 0 Å². The van der Waals surface area contributed by atoms with E-state index in [-0.39, 0.29) is 0 Å². The molecule has 1 heterocycles. The van der Waals surface area contributed by atoms with Crippen LogP contribution in [0.2, 0.25) is 0 Å². The molecule has 5 heteroatoms. The summed E-state index contributed by atoms with van der Waals surface area (Å²) < 4.78 is 0. The van der Waals surface area contributed by atoms with E-state index in [1.807, 2.05) is 6.92 Å². The molecule has 104 valence electrons. The summed E-state index contributed by atoms with van der Waals surface area (Å²) in [5.74, 6) is -0.00387. The molecule has 2 N–H and O–H groups in total. The maximum absolute atomic E-state index is 11.7. The van der Waals surface area contributed by atoms with Gasteiger partial charge >= 0.3 is 5.97 Å². The summed E-state index contributed by atoms with van der Waals surface area (Å²) in [6.45, 7) is 2.30. The maximum atomic E-state index is 11.7. The highest BCUT2D eigenvalue weighted by Gasteiger charge is 2.38. The predicted molar refractivity (Wildman–Crippen MR) is 73.0 cm³/mol. The summed E-state index contributed by atoms with van der Waals surface area (Å²) in [7, 11) is 0. The average molecular weight is 263 g/mol. The zero-order valence-electron chi connectivity index (χ0n) is 11.4. The number of nitrogens with zero attached hydrogens (tertiary/aromatic N) is 2. The van der Waals surface area contributed by atoms with Crippen molar-refractivity contribution in [3.8, 4) is 0 Å². The SMILES string of the molecule is Cc1nccnc1NCC1(C(=O)O)CCCCCC1. The first-order valence-electron chi connectivity index (χ1n) is 6.89. The molecule has 0 amide bonds. The number of carboxylic acid groups (broad SMARTS) is 1. The van der Waals surface area contributed by atoms with E-state index in [1.54, 1.807) is 12.4 Å². The number of aromatic nitrogens is 2. The molecule has 1 aliphatic rings. The second-order valence-corrected chi connectivity index (χ2v) is 5.34. The fraction of sp³-hybridized carbons (Fsp3) is 0.643. The molecule has 0 atom stereocenters. The Balaban J connectivity index is 2.09. The number of carbonyl (C=O) groups is 1. The molecule has 0 aromatic carbocycles. The van der Waals surface area contributed by atoms with Crippen LogP contribution in [0, 0.1) is 12.3 Å². The van der Waals surface area contributed by atoms with Gasteiger partial charge in [-0.3, -0.25) is 9.78 Å². The summed E-state index contributed by atoms with van der Waals surface area (Å²) in [5.41, 5.74) is 0.150. The lowest BCUT2D eigenvalue weighted by molar-refractivity contribution is -0.149. The Hall–Kier alpha value is -1.65. The molecule has 0 radical (unpaired) electrons. The van der Waals surface area contributed by atoms with Crippen molar-refractivity contribution in [1.82, 2.24) is 9.97 Å². The number of rotatable bonds is 4. The fourth-order valence-corrected chi connectivity index (χ4v) is 2.71. The molecule has 1 aliphatic carbocycles. The predicted octanol–water partition coefficient (Wildman–Crippen LogP) is 2.62. The number of nitrogens with one attached hydrogen (secondary N) is 1. The van der Waals surface area contributed by atoms with E-state index in [2.05, 4.69) is 15.3 Å². The summed E-state index contributed by atoms with van der Waals surface area (Å²) in [6, 6.07) is 0. The van der Waals surface area contributed by atoms with E-state index in [1.165, 1.54) is 0 Å². The van der Waals surface area contributed by atoms with Gasteiger partial charge in [0.1, 0.15) is 5.82 Å². The first-order chi connectivity index (χ1) is 9.14. The molecule has 1 saturated carbocycles. The van der Waals surface area contributed by atoms with Crippen LogP contribution >= 0.6 is 0 Å². The average Bonchev–Trinajstić information content (AvgIpc) is 2.64. The quantitative estimate of drug-likeness (QED) is 0.817. The van der Waals surface area contributed by atoms with E-state index >= 15 is 0 Å². The number of hydrogen-bond acceptors (Lipinski definition) is 4. The second kappa shape index (κ2) is 5.99. The molecular weight excluding hydrogens is 242 g/mol. The van der Waals surface area contributed by atoms with Crippen LogP contribution in [0.1, 0.15) is 44.2 Å². The monoisotopic (exact) mass is 263 g/mol. The normalized spacial score (nSPS) is 18.6. The van der Waals surface area contributed by atoms with Crippen molar-refractivity contribution in [1.29, 1.82) is 0 Å². The number of carboxylic acids is 1. The van der Waals surface area contributed by atoms with Crippen molar-refractivity contribution in [2.24, 2.45) is 5.41 Å². The Kier molecular flexibility index (Phi) is 4.35. The van der Waals surface area contributed by atoms with Crippen LogP contribution in [0.4, 0.5) is 5.82 Å². The summed E-state index contributed by atoms with van der Waals surface area (Å²) in [5, 5.41) is 12.8. The van der Waals surface area contributed by atoms with Gasteiger partial charge in [0.15, 0.2) is 0 Å². The first kappa shape index (κ1) is 13.8. The van der Waals surface area contributed by atoms with E-state index < -0.39 is 11.4 Å². The zero-order valence-corrected chi connectivity index (χ0v) is 11.4. The smallest absolute Gasteiger partial charge is 0.311 e. The van der Waals surface area contributed by atoms with Gasteiger partial charge < -0.3 is 10.4 Å². The standard InChI is InChI=1S/C14H21N3O2/c1-11-12(16-9-8-15-11)17-10-14(13(18)19)6-4-2-3-5-7-14/h8-9H,2-7,10H2,1H3,(H,16,17)(H,18,19). The summed E-state index contributed by atoms with van der Waals surface area (Å²) in [4.78, 5) is 20.0. The third kappa shape index (κ3) is 3.22. The Morgan fingerprint density at radius 2 is 1.89 bits per heavy atom. The van der Waals surface area contributed by atoms with Crippen molar-refractivity contribution < 1.29 is 9.90 Å². The van der Waals surface area contributed by atoms with Gasteiger partial charge in [0.05, 0.1) is 11.1 Å². The lowest BCUT2D eigenvalue weighted by Crippen LogP contribution is -2.37. The van der Waals surface area contributed by atoms with Crippen LogP contribution < -0.4 is 5.32 Å². The van der Waals surface area contributed by atoms with Crippen molar-refractivity contribution in [3.05, 3.63) is 18.1 Å². The molecule has 2 rings (SSSR count). The third-order valence-electron chi connectivity index (χ3n) is 3.99. The Morgan fingerprint density at radius 1 is 1.26 bits per heavy atom. The van der Waals surface area contributed by atoms with Crippen molar-refractivity contribution in [2.75, 3.05) is 11.9 Å². The maximum Gasteiger partial charge on any atom is 0.311 e. The molecule has 5 nitrogen and oxygen atoms in total. The highest BCUT2D eigenvalue weighted by molar-refractivity contribution is 5.75. The first-order valence-corrected chi connectivity index (χ1v) is 6.89.